The van der Waals surface area contributed by atoms with Crippen LogP contribution in [0.15, 0.2) is 29.2 Å². The highest BCUT2D eigenvalue weighted by Crippen LogP contribution is 2.07. The number of hydrogen-bond acceptors (Lipinski definition) is 4. The lowest BCUT2D eigenvalue weighted by atomic mass is 9.80. The van der Waals surface area contributed by atoms with Gasteiger partial charge in [-0.25, -0.2) is 8.42 Å². The molecule has 0 bridgehead atoms. The van der Waals surface area contributed by atoms with Crippen molar-refractivity contribution in [2.24, 2.45) is 0 Å². The molecule has 0 spiro atoms. The molecule has 76 valence electrons. The zero-order valence-corrected chi connectivity index (χ0v) is 8.53. The molecule has 0 aliphatic carbocycles. The van der Waals surface area contributed by atoms with Crippen molar-refractivity contribution in [3.8, 4) is 0 Å². The number of sulfone groups is 1. The molecule has 0 saturated heterocycles. The summed E-state index contributed by atoms with van der Waals surface area (Å²) in [6, 6.07) is 5.86. The molecule has 0 aliphatic heterocycles. The topological polar surface area (TPSA) is 74.6 Å². The molecule has 0 fully saturated rings. The monoisotopic (exact) mass is 214 g/mol. The van der Waals surface area contributed by atoms with E-state index in [0.29, 0.717) is 0 Å². The van der Waals surface area contributed by atoms with Crippen molar-refractivity contribution in [1.29, 1.82) is 0 Å². The van der Waals surface area contributed by atoms with Gasteiger partial charge in [-0.1, -0.05) is 25.1 Å². The molecule has 0 unspecified atom stereocenters. The molecule has 2 N–H and O–H groups in total. The van der Waals surface area contributed by atoms with E-state index in [2.05, 4.69) is 0 Å². The molecule has 1 aromatic rings. The van der Waals surface area contributed by atoms with Crippen molar-refractivity contribution in [2.75, 3.05) is 5.75 Å². The molecule has 1 rings (SSSR count). The van der Waals surface area contributed by atoms with Crippen LogP contribution in [-0.4, -0.2) is 31.3 Å². The van der Waals surface area contributed by atoms with Crippen molar-refractivity contribution < 1.29 is 18.5 Å². The Balaban J connectivity index is 3.35. The maximum atomic E-state index is 11.5. The molecule has 4 nitrogen and oxygen atoms in total. The van der Waals surface area contributed by atoms with Gasteiger partial charge in [0.05, 0.1) is 10.6 Å². The predicted octanol–water partition coefficient (Wildman–Crippen LogP) is -0.840. The van der Waals surface area contributed by atoms with Crippen LogP contribution in [0.2, 0.25) is 0 Å². The number of hydrogen-bond donors (Lipinski definition) is 2. The second-order valence-electron chi connectivity index (χ2n) is 2.81. The summed E-state index contributed by atoms with van der Waals surface area (Å²) in [6.07, 6.45) is 0. The largest absolute Gasteiger partial charge is 0.489 e. The van der Waals surface area contributed by atoms with Gasteiger partial charge >= 0.3 is 7.12 Å². The van der Waals surface area contributed by atoms with Crippen LogP contribution in [0.25, 0.3) is 0 Å². The Hall–Kier alpha value is -0.845. The second kappa shape index (κ2) is 4.12. The summed E-state index contributed by atoms with van der Waals surface area (Å²) in [7, 11) is -5.15. The van der Waals surface area contributed by atoms with Crippen LogP contribution in [0.4, 0.5) is 0 Å². The van der Waals surface area contributed by atoms with Crippen LogP contribution in [0.1, 0.15) is 6.92 Å². The first kappa shape index (κ1) is 11.2. The average molecular weight is 214 g/mol. The van der Waals surface area contributed by atoms with E-state index < -0.39 is 17.0 Å². The van der Waals surface area contributed by atoms with Crippen LogP contribution in [-0.2, 0) is 9.84 Å². The zero-order chi connectivity index (χ0) is 10.8. The fourth-order valence-electron chi connectivity index (χ4n) is 1.13. The second-order valence-corrected chi connectivity index (χ2v) is 5.06. The van der Waals surface area contributed by atoms with E-state index in [1.807, 2.05) is 0 Å². The molecule has 0 atom stereocenters. The Morgan fingerprint density at radius 2 is 1.86 bits per heavy atom. The van der Waals surface area contributed by atoms with Crippen molar-refractivity contribution in [3.05, 3.63) is 24.3 Å². The molecule has 0 aromatic heterocycles. The van der Waals surface area contributed by atoms with E-state index in [9.17, 15) is 8.42 Å². The first-order valence-electron chi connectivity index (χ1n) is 4.17. The molecule has 0 aliphatic rings. The van der Waals surface area contributed by atoms with Gasteiger partial charge in [-0.3, -0.25) is 0 Å². The summed E-state index contributed by atoms with van der Waals surface area (Å²) < 4.78 is 23.0. The Kier molecular flexibility index (Phi) is 3.31. The maximum absolute atomic E-state index is 11.5. The smallest absolute Gasteiger partial charge is 0.423 e. The highest BCUT2D eigenvalue weighted by Gasteiger charge is 2.22. The molecule has 0 saturated carbocycles. The average Bonchev–Trinajstić information content (AvgIpc) is 2.18. The first-order valence-corrected chi connectivity index (χ1v) is 5.82. The molecular weight excluding hydrogens is 203 g/mol. The van der Waals surface area contributed by atoms with Crippen LogP contribution < -0.4 is 5.46 Å². The van der Waals surface area contributed by atoms with Gasteiger partial charge in [0.2, 0.25) is 0 Å². The highest BCUT2D eigenvalue weighted by atomic mass is 32.2. The normalized spacial score (nSPS) is 11.4. The van der Waals surface area contributed by atoms with Gasteiger partial charge in [0.1, 0.15) is 0 Å². The minimum Gasteiger partial charge on any atom is -0.423 e. The summed E-state index contributed by atoms with van der Waals surface area (Å²) in [6.45, 7) is 1.51. The third-order valence-corrected chi connectivity index (χ3v) is 3.71. The fourth-order valence-corrected chi connectivity index (χ4v) is 2.26. The van der Waals surface area contributed by atoms with Crippen molar-refractivity contribution >= 4 is 22.4 Å². The maximum Gasteiger partial charge on any atom is 0.489 e. The predicted molar refractivity (Wildman–Crippen MR) is 54.0 cm³/mol. The van der Waals surface area contributed by atoms with E-state index in [0.717, 1.165) is 0 Å². The van der Waals surface area contributed by atoms with Crippen molar-refractivity contribution in [2.45, 2.75) is 11.8 Å². The van der Waals surface area contributed by atoms with Crippen LogP contribution in [0.3, 0.4) is 0 Å². The van der Waals surface area contributed by atoms with Gasteiger partial charge in [0, 0.05) is 5.46 Å². The van der Waals surface area contributed by atoms with Gasteiger partial charge in [0.25, 0.3) is 0 Å². The van der Waals surface area contributed by atoms with Gasteiger partial charge in [0.15, 0.2) is 9.84 Å². The summed E-state index contributed by atoms with van der Waals surface area (Å²) in [5.41, 5.74) is 0.0225. The number of rotatable bonds is 3. The molecule has 6 heteroatoms. The Bertz CT molecular complexity index is 413. The highest BCUT2D eigenvalue weighted by molar-refractivity contribution is 7.91. The van der Waals surface area contributed by atoms with Crippen LogP contribution in [0, 0.1) is 0 Å². The zero-order valence-electron chi connectivity index (χ0n) is 7.71. The summed E-state index contributed by atoms with van der Waals surface area (Å²) >= 11 is 0. The lowest BCUT2D eigenvalue weighted by molar-refractivity contribution is 0.424. The minimum atomic E-state index is -3.39. The van der Waals surface area contributed by atoms with Gasteiger partial charge in [-0.15, -0.1) is 0 Å². The lowest BCUT2D eigenvalue weighted by Gasteiger charge is -2.07. The summed E-state index contributed by atoms with van der Waals surface area (Å²) in [4.78, 5) is -0.0162. The number of benzene rings is 1. The summed E-state index contributed by atoms with van der Waals surface area (Å²) in [5.74, 6) is -0.0588. The van der Waals surface area contributed by atoms with Crippen molar-refractivity contribution in [3.63, 3.8) is 0 Å². The Labute approximate surface area is 83.3 Å². The Morgan fingerprint density at radius 1 is 1.29 bits per heavy atom. The van der Waals surface area contributed by atoms with Crippen molar-refractivity contribution in [1.82, 2.24) is 0 Å². The van der Waals surface area contributed by atoms with E-state index >= 15 is 0 Å². The third-order valence-electron chi connectivity index (χ3n) is 1.91. The van der Waals surface area contributed by atoms with E-state index in [1.165, 1.54) is 19.1 Å². The molecule has 14 heavy (non-hydrogen) atoms. The standard InChI is InChI=1S/C8H11BO4S/c1-2-14(12,13)8-6-4-3-5-7(8)9(10)11/h3-6,10-11H,2H2,1H3. The van der Waals surface area contributed by atoms with E-state index in [1.54, 1.807) is 12.1 Å². The quantitative estimate of drug-likeness (QED) is 0.643. The van der Waals surface area contributed by atoms with E-state index in [4.69, 9.17) is 10.0 Å². The van der Waals surface area contributed by atoms with Crippen LogP contribution >= 0.6 is 0 Å². The lowest BCUT2D eigenvalue weighted by Crippen LogP contribution is -2.34. The third kappa shape index (κ3) is 2.15. The van der Waals surface area contributed by atoms with Gasteiger partial charge in [-0.2, -0.15) is 0 Å². The molecule has 1 aromatic carbocycles. The van der Waals surface area contributed by atoms with Gasteiger partial charge < -0.3 is 10.0 Å². The SMILES string of the molecule is CCS(=O)(=O)c1ccccc1B(O)O. The molecular formula is C8H11BO4S. The molecule has 0 radical (unpaired) electrons. The first-order chi connectivity index (χ1) is 6.49. The Morgan fingerprint density at radius 3 is 2.36 bits per heavy atom. The van der Waals surface area contributed by atoms with Crippen LogP contribution in [0.5, 0.6) is 0 Å². The minimum absolute atomic E-state index is 0.0162. The van der Waals surface area contributed by atoms with Gasteiger partial charge in [-0.05, 0) is 6.07 Å². The molecule has 0 amide bonds. The molecule has 0 heterocycles. The summed E-state index contributed by atoms with van der Waals surface area (Å²) in [5, 5.41) is 17.9. The van der Waals surface area contributed by atoms with E-state index in [-0.39, 0.29) is 16.1 Å². The fraction of sp³-hybridized carbons (Fsp3) is 0.250.